The molecule has 0 radical (unpaired) electrons. The minimum absolute atomic E-state index is 0.0868. The lowest BCUT2D eigenvalue weighted by Gasteiger charge is -2.41. The molecule has 0 fully saturated rings. The summed E-state index contributed by atoms with van der Waals surface area (Å²) in [6.07, 6.45) is -0.621. The molecule has 37 heavy (non-hydrogen) atoms. The first-order chi connectivity index (χ1) is 17.2. The Bertz CT molecular complexity index is 1340. The minimum Gasteiger partial charge on any atom is -0.406 e. The van der Waals surface area contributed by atoms with Crippen molar-refractivity contribution in [1.29, 1.82) is 0 Å². The fraction of sp³-hybridized carbons (Fsp3) is 0.448. The number of hydrogen-bond donors (Lipinski definition) is 0. The van der Waals surface area contributed by atoms with Gasteiger partial charge in [0.2, 0.25) is 0 Å². The first-order valence-electron chi connectivity index (χ1n) is 12.8. The van der Waals surface area contributed by atoms with Gasteiger partial charge in [0.05, 0.1) is 10.9 Å². The van der Waals surface area contributed by atoms with E-state index in [1.807, 2.05) is 19.9 Å². The molecule has 0 saturated carbocycles. The summed E-state index contributed by atoms with van der Waals surface area (Å²) >= 11 is 0. The number of rotatable bonds is 7. The molecular formula is C29H39N3O4Si. The average molecular weight is 522 g/mol. The molecule has 7 nitrogen and oxygen atoms in total. The van der Waals surface area contributed by atoms with Crippen molar-refractivity contribution in [2.45, 2.75) is 72.7 Å². The van der Waals surface area contributed by atoms with Gasteiger partial charge in [-0.3, -0.25) is 14.4 Å². The molecule has 2 amide bonds. The van der Waals surface area contributed by atoms with Crippen molar-refractivity contribution in [3.05, 3.63) is 76.3 Å². The lowest BCUT2D eigenvalue weighted by Crippen LogP contribution is -2.54. The molecule has 1 heterocycles. The maximum Gasteiger partial charge on any atom is 0.281 e. The SMILES string of the molecule is CC(C)C(=O)N(C(=O)c1ccccc1)n1c([C@@H](O[Si](C)(C)C(C)(C)C)C(C)C)nc2ccccc2c1=O. The smallest absolute Gasteiger partial charge is 0.281 e. The molecule has 0 saturated heterocycles. The number of benzene rings is 2. The number of fused-ring (bicyclic) bond motifs is 1. The number of hydrogen-bond acceptors (Lipinski definition) is 5. The van der Waals surface area contributed by atoms with Crippen LogP contribution in [-0.2, 0) is 9.22 Å². The van der Waals surface area contributed by atoms with Crippen LogP contribution in [0.3, 0.4) is 0 Å². The van der Waals surface area contributed by atoms with Crippen LogP contribution in [0.15, 0.2) is 59.4 Å². The van der Waals surface area contributed by atoms with E-state index < -0.39 is 37.7 Å². The molecule has 3 rings (SSSR count). The zero-order valence-corrected chi connectivity index (χ0v) is 24.4. The summed E-state index contributed by atoms with van der Waals surface area (Å²) in [7, 11) is -2.34. The summed E-state index contributed by atoms with van der Waals surface area (Å²) < 4.78 is 8.00. The van der Waals surface area contributed by atoms with Crippen LogP contribution in [-0.4, -0.2) is 29.8 Å². The van der Waals surface area contributed by atoms with Crippen LogP contribution >= 0.6 is 0 Å². The third kappa shape index (κ3) is 5.75. The van der Waals surface area contributed by atoms with E-state index in [0.717, 1.165) is 9.69 Å². The second kappa shape index (κ2) is 10.7. The van der Waals surface area contributed by atoms with E-state index in [1.54, 1.807) is 62.4 Å². The van der Waals surface area contributed by atoms with Gasteiger partial charge in [-0.15, -0.1) is 0 Å². The van der Waals surface area contributed by atoms with Crippen molar-refractivity contribution in [3.63, 3.8) is 0 Å². The lowest BCUT2D eigenvalue weighted by atomic mass is 10.1. The Hall–Kier alpha value is -3.10. The Morgan fingerprint density at radius 3 is 2.05 bits per heavy atom. The lowest BCUT2D eigenvalue weighted by molar-refractivity contribution is -0.122. The fourth-order valence-electron chi connectivity index (χ4n) is 3.74. The second-order valence-corrected chi connectivity index (χ2v) is 16.4. The number of carbonyl (C=O) groups is 2. The van der Waals surface area contributed by atoms with Crippen LogP contribution in [0.1, 0.15) is 70.8 Å². The van der Waals surface area contributed by atoms with Crippen LogP contribution in [0.25, 0.3) is 10.9 Å². The molecule has 198 valence electrons. The topological polar surface area (TPSA) is 81.5 Å². The summed E-state index contributed by atoms with van der Waals surface area (Å²) in [5, 5.41) is 1.18. The maximum absolute atomic E-state index is 14.1. The number of para-hydroxylation sites is 1. The van der Waals surface area contributed by atoms with Gasteiger partial charge in [0.25, 0.3) is 17.4 Å². The standard InChI is InChI=1S/C29H39N3O4Si/c1-19(2)24(36-37(8,9)29(5,6)7)25-30-23-18-14-13-17-22(23)28(35)31(25)32(26(33)20(3)4)27(34)21-15-11-10-12-16-21/h10-20,24H,1-9H3/t24-/m0/s1. The van der Waals surface area contributed by atoms with Crippen LogP contribution in [0.5, 0.6) is 0 Å². The number of nitrogens with zero attached hydrogens (tertiary/aromatic N) is 3. The molecule has 0 aliphatic heterocycles. The molecule has 1 aromatic heterocycles. The summed E-state index contributed by atoms with van der Waals surface area (Å²) in [6.45, 7) is 18.1. The van der Waals surface area contributed by atoms with E-state index in [9.17, 15) is 14.4 Å². The van der Waals surface area contributed by atoms with Gasteiger partial charge in [0.1, 0.15) is 6.10 Å². The Kier molecular flexibility index (Phi) is 8.24. The van der Waals surface area contributed by atoms with E-state index in [0.29, 0.717) is 16.5 Å². The molecule has 0 N–H and O–H groups in total. The van der Waals surface area contributed by atoms with Crippen molar-refractivity contribution >= 4 is 31.0 Å². The minimum atomic E-state index is -2.34. The fourth-order valence-corrected chi connectivity index (χ4v) is 5.10. The highest BCUT2D eigenvalue weighted by Crippen LogP contribution is 2.41. The molecule has 2 aromatic carbocycles. The molecule has 3 aromatic rings. The molecule has 0 aliphatic rings. The summed E-state index contributed by atoms with van der Waals surface area (Å²) in [5.41, 5.74) is 0.310. The predicted octanol–water partition coefficient (Wildman–Crippen LogP) is 6.08. The molecular weight excluding hydrogens is 482 g/mol. The van der Waals surface area contributed by atoms with E-state index in [1.165, 1.54) is 0 Å². The normalized spacial score (nSPS) is 13.3. The zero-order chi connectivity index (χ0) is 27.7. The molecule has 0 spiro atoms. The quantitative estimate of drug-likeness (QED) is 0.352. The largest absolute Gasteiger partial charge is 0.406 e. The molecule has 8 heteroatoms. The third-order valence-electron chi connectivity index (χ3n) is 6.98. The first-order valence-corrected chi connectivity index (χ1v) is 15.7. The van der Waals surface area contributed by atoms with Gasteiger partial charge >= 0.3 is 0 Å². The van der Waals surface area contributed by atoms with Gasteiger partial charge in [-0.2, -0.15) is 9.69 Å². The monoisotopic (exact) mass is 521 g/mol. The summed E-state index contributed by atoms with van der Waals surface area (Å²) in [4.78, 5) is 46.4. The van der Waals surface area contributed by atoms with Gasteiger partial charge in [-0.25, -0.2) is 4.98 Å². The van der Waals surface area contributed by atoms with Crippen LogP contribution in [0.4, 0.5) is 0 Å². The Labute approximate surface area is 220 Å². The zero-order valence-electron chi connectivity index (χ0n) is 23.4. The third-order valence-corrected chi connectivity index (χ3v) is 11.4. The van der Waals surface area contributed by atoms with Crippen molar-refractivity contribution < 1.29 is 14.0 Å². The van der Waals surface area contributed by atoms with Gasteiger partial charge in [0.15, 0.2) is 14.1 Å². The van der Waals surface area contributed by atoms with E-state index in [4.69, 9.17) is 9.41 Å². The van der Waals surface area contributed by atoms with Crippen molar-refractivity contribution in [3.8, 4) is 0 Å². The summed E-state index contributed by atoms with van der Waals surface area (Å²) in [6, 6.07) is 15.5. The van der Waals surface area contributed by atoms with Gasteiger partial charge in [-0.1, -0.05) is 78.8 Å². The van der Waals surface area contributed by atoms with Crippen molar-refractivity contribution in [2.75, 3.05) is 5.01 Å². The van der Waals surface area contributed by atoms with Crippen molar-refractivity contribution in [1.82, 2.24) is 9.66 Å². The molecule has 0 bridgehead atoms. The highest BCUT2D eigenvalue weighted by Gasteiger charge is 2.42. The predicted molar refractivity (Wildman–Crippen MR) is 151 cm³/mol. The molecule has 1 atom stereocenters. The second-order valence-electron chi connectivity index (χ2n) is 11.6. The molecule has 0 aliphatic carbocycles. The van der Waals surface area contributed by atoms with E-state index in [-0.39, 0.29) is 16.8 Å². The number of aromatic nitrogens is 2. The van der Waals surface area contributed by atoms with Crippen LogP contribution in [0.2, 0.25) is 18.1 Å². The van der Waals surface area contributed by atoms with E-state index >= 15 is 0 Å². The van der Waals surface area contributed by atoms with Crippen LogP contribution in [0, 0.1) is 11.8 Å². The first kappa shape index (κ1) is 28.5. The highest BCUT2D eigenvalue weighted by atomic mass is 28.4. The number of imide groups is 1. The van der Waals surface area contributed by atoms with Gasteiger partial charge < -0.3 is 4.43 Å². The number of amides is 2. The Balaban J connectivity index is 2.40. The molecule has 0 unspecified atom stereocenters. The average Bonchev–Trinajstić information content (AvgIpc) is 2.83. The van der Waals surface area contributed by atoms with Crippen LogP contribution < -0.4 is 10.6 Å². The van der Waals surface area contributed by atoms with Crippen molar-refractivity contribution in [2.24, 2.45) is 11.8 Å². The van der Waals surface area contributed by atoms with Gasteiger partial charge in [0, 0.05) is 11.5 Å². The highest BCUT2D eigenvalue weighted by molar-refractivity contribution is 6.74. The Morgan fingerprint density at radius 1 is 0.946 bits per heavy atom. The maximum atomic E-state index is 14.1. The van der Waals surface area contributed by atoms with E-state index in [2.05, 4.69) is 33.9 Å². The summed E-state index contributed by atoms with van der Waals surface area (Å²) in [5.74, 6) is -1.46. The Morgan fingerprint density at radius 2 is 1.51 bits per heavy atom. The number of carbonyl (C=O) groups excluding carboxylic acids is 2. The van der Waals surface area contributed by atoms with Gasteiger partial charge in [-0.05, 0) is 48.3 Å².